The van der Waals surface area contributed by atoms with E-state index in [1.165, 1.54) is 5.56 Å². The molecule has 28 heavy (non-hydrogen) atoms. The van der Waals surface area contributed by atoms with Gasteiger partial charge in [0.15, 0.2) is 5.96 Å². The Kier molecular flexibility index (Phi) is 9.06. The molecule has 2 aromatic rings. The van der Waals surface area contributed by atoms with Gasteiger partial charge in [-0.15, -0.1) is 0 Å². The molecule has 3 N–H and O–H groups in total. The maximum atomic E-state index is 10.4. The number of rotatable bonds is 8. The van der Waals surface area contributed by atoms with E-state index in [0.717, 1.165) is 18.7 Å². The summed E-state index contributed by atoms with van der Waals surface area (Å²) in [5, 5.41) is 17.8. The highest BCUT2D eigenvalue weighted by atomic mass is 35.5. The number of nitrogens with one attached hydrogen (secondary N) is 2. The molecule has 1 atom stereocenters. The van der Waals surface area contributed by atoms with Crippen molar-refractivity contribution in [3.05, 3.63) is 69.2 Å². The molecule has 0 heterocycles. The minimum atomic E-state index is -0.745. The van der Waals surface area contributed by atoms with Crippen LogP contribution >= 0.6 is 23.2 Å². The van der Waals surface area contributed by atoms with E-state index in [0.29, 0.717) is 34.7 Å². The van der Waals surface area contributed by atoms with Crippen LogP contribution in [0.25, 0.3) is 0 Å². The molecule has 5 nitrogen and oxygen atoms in total. The Morgan fingerprint density at radius 2 is 1.64 bits per heavy atom. The molecular formula is C21H28Cl2N4O. The number of halogens is 2. The van der Waals surface area contributed by atoms with Gasteiger partial charge < -0.3 is 20.6 Å². The summed E-state index contributed by atoms with van der Waals surface area (Å²) in [4.78, 5) is 6.73. The Balaban J connectivity index is 1.96. The standard InChI is InChI=1S/C21H28Cl2N4O/c1-4-24-21(25-12-15-5-7-16(8-6-15)14-27(2)3)26-13-20(28)17-9-18(22)11-19(23)10-17/h5-11,20,28H,4,12-14H2,1-3H3,(H2,24,25,26). The number of aliphatic hydroxyl groups excluding tert-OH is 1. The lowest BCUT2D eigenvalue weighted by atomic mass is 10.1. The van der Waals surface area contributed by atoms with Gasteiger partial charge in [0.1, 0.15) is 0 Å². The zero-order valence-corrected chi connectivity index (χ0v) is 18.1. The summed E-state index contributed by atoms with van der Waals surface area (Å²) in [7, 11) is 4.11. The van der Waals surface area contributed by atoms with Crippen molar-refractivity contribution in [3.63, 3.8) is 0 Å². The van der Waals surface area contributed by atoms with E-state index >= 15 is 0 Å². The molecule has 2 aromatic carbocycles. The van der Waals surface area contributed by atoms with E-state index in [2.05, 4.69) is 58.9 Å². The third-order valence-electron chi connectivity index (χ3n) is 4.02. The average Bonchev–Trinajstić information content (AvgIpc) is 2.63. The SMILES string of the molecule is CCNC(=NCc1ccc(CN(C)C)cc1)NCC(O)c1cc(Cl)cc(Cl)c1. The predicted octanol–water partition coefficient (Wildman–Crippen LogP) is 3.84. The first-order valence-corrected chi connectivity index (χ1v) is 10.0. The molecule has 1 unspecified atom stereocenters. The van der Waals surface area contributed by atoms with Crippen LogP contribution in [0.5, 0.6) is 0 Å². The van der Waals surface area contributed by atoms with Crippen LogP contribution < -0.4 is 10.6 Å². The van der Waals surface area contributed by atoms with Crippen LogP contribution in [0.1, 0.15) is 29.7 Å². The largest absolute Gasteiger partial charge is 0.387 e. The van der Waals surface area contributed by atoms with Gasteiger partial charge in [-0.25, -0.2) is 4.99 Å². The van der Waals surface area contributed by atoms with Gasteiger partial charge in [0, 0.05) is 29.7 Å². The van der Waals surface area contributed by atoms with Crippen molar-refractivity contribution < 1.29 is 5.11 Å². The highest BCUT2D eigenvalue weighted by Crippen LogP contribution is 2.23. The Morgan fingerprint density at radius 1 is 1.04 bits per heavy atom. The lowest BCUT2D eigenvalue weighted by Gasteiger charge is -2.16. The molecule has 0 spiro atoms. The van der Waals surface area contributed by atoms with Crippen molar-refractivity contribution in [1.82, 2.24) is 15.5 Å². The fourth-order valence-electron chi connectivity index (χ4n) is 2.71. The molecule has 0 aromatic heterocycles. The molecule has 2 rings (SSSR count). The van der Waals surface area contributed by atoms with Crippen LogP contribution in [0.4, 0.5) is 0 Å². The van der Waals surface area contributed by atoms with Crippen LogP contribution in [0.2, 0.25) is 10.0 Å². The predicted molar refractivity (Wildman–Crippen MR) is 118 cm³/mol. The zero-order chi connectivity index (χ0) is 20.5. The summed E-state index contributed by atoms with van der Waals surface area (Å²) in [6, 6.07) is 13.5. The molecule has 0 saturated heterocycles. The fourth-order valence-corrected chi connectivity index (χ4v) is 3.25. The molecule has 7 heteroatoms. The Bertz CT molecular complexity index is 758. The molecule has 0 radical (unpaired) electrons. The van der Waals surface area contributed by atoms with Gasteiger partial charge in [-0.3, -0.25) is 0 Å². The van der Waals surface area contributed by atoms with Crippen molar-refractivity contribution in [2.75, 3.05) is 27.2 Å². The second-order valence-corrected chi connectivity index (χ2v) is 7.72. The Hall–Kier alpha value is -1.79. The van der Waals surface area contributed by atoms with E-state index in [-0.39, 0.29) is 0 Å². The summed E-state index contributed by atoms with van der Waals surface area (Å²) in [5.41, 5.74) is 3.06. The monoisotopic (exact) mass is 422 g/mol. The summed E-state index contributed by atoms with van der Waals surface area (Å²) in [5.74, 6) is 0.645. The topological polar surface area (TPSA) is 59.9 Å². The summed E-state index contributed by atoms with van der Waals surface area (Å²) >= 11 is 12.0. The van der Waals surface area contributed by atoms with Crippen molar-refractivity contribution in [2.24, 2.45) is 4.99 Å². The Labute approximate surface area is 177 Å². The van der Waals surface area contributed by atoms with Crippen LogP contribution in [0, 0.1) is 0 Å². The minimum absolute atomic E-state index is 0.296. The van der Waals surface area contributed by atoms with Crippen LogP contribution in [-0.4, -0.2) is 43.2 Å². The number of benzene rings is 2. The number of hydrogen-bond acceptors (Lipinski definition) is 3. The third-order valence-corrected chi connectivity index (χ3v) is 4.45. The maximum absolute atomic E-state index is 10.4. The van der Waals surface area contributed by atoms with Crippen molar-refractivity contribution >= 4 is 29.2 Å². The summed E-state index contributed by atoms with van der Waals surface area (Å²) in [6.07, 6.45) is -0.745. The number of hydrogen-bond donors (Lipinski definition) is 3. The van der Waals surface area contributed by atoms with E-state index < -0.39 is 6.10 Å². The van der Waals surface area contributed by atoms with E-state index in [1.54, 1.807) is 18.2 Å². The lowest BCUT2D eigenvalue weighted by Crippen LogP contribution is -2.39. The molecule has 0 aliphatic heterocycles. The van der Waals surface area contributed by atoms with Gasteiger partial charge in [-0.2, -0.15) is 0 Å². The second kappa shape index (κ2) is 11.3. The maximum Gasteiger partial charge on any atom is 0.191 e. The second-order valence-electron chi connectivity index (χ2n) is 6.85. The quantitative estimate of drug-likeness (QED) is 0.446. The lowest BCUT2D eigenvalue weighted by molar-refractivity contribution is 0.181. The van der Waals surface area contributed by atoms with Gasteiger partial charge in [0.25, 0.3) is 0 Å². The van der Waals surface area contributed by atoms with Gasteiger partial charge in [-0.05, 0) is 55.9 Å². The molecule has 0 bridgehead atoms. The van der Waals surface area contributed by atoms with Crippen molar-refractivity contribution in [1.29, 1.82) is 0 Å². The molecule has 0 amide bonds. The third kappa shape index (κ3) is 7.68. The van der Waals surface area contributed by atoms with Crippen molar-refractivity contribution in [3.8, 4) is 0 Å². The molecule has 0 fully saturated rings. The van der Waals surface area contributed by atoms with Crippen LogP contribution in [-0.2, 0) is 13.1 Å². The molecule has 152 valence electrons. The summed E-state index contributed by atoms with van der Waals surface area (Å²) in [6.45, 7) is 4.49. The zero-order valence-electron chi connectivity index (χ0n) is 16.5. The Morgan fingerprint density at radius 3 is 2.21 bits per heavy atom. The van der Waals surface area contributed by atoms with Gasteiger partial charge in [-0.1, -0.05) is 47.5 Å². The highest BCUT2D eigenvalue weighted by molar-refractivity contribution is 6.34. The van der Waals surface area contributed by atoms with Gasteiger partial charge in [0.2, 0.25) is 0 Å². The van der Waals surface area contributed by atoms with E-state index in [4.69, 9.17) is 23.2 Å². The smallest absolute Gasteiger partial charge is 0.191 e. The molecule has 0 aliphatic carbocycles. The van der Waals surface area contributed by atoms with Crippen LogP contribution in [0.15, 0.2) is 47.5 Å². The molecule has 0 saturated carbocycles. The van der Waals surface area contributed by atoms with Crippen molar-refractivity contribution in [2.45, 2.75) is 26.1 Å². The number of aliphatic hydroxyl groups is 1. The molecule has 0 aliphatic rings. The van der Waals surface area contributed by atoms with Gasteiger partial charge in [0.05, 0.1) is 12.6 Å². The first-order chi connectivity index (χ1) is 13.4. The first-order valence-electron chi connectivity index (χ1n) is 9.26. The first kappa shape index (κ1) is 22.5. The van der Waals surface area contributed by atoms with Crippen LogP contribution in [0.3, 0.4) is 0 Å². The number of guanidine groups is 1. The van der Waals surface area contributed by atoms with E-state index in [9.17, 15) is 5.11 Å². The van der Waals surface area contributed by atoms with Gasteiger partial charge >= 0.3 is 0 Å². The molecular weight excluding hydrogens is 395 g/mol. The minimum Gasteiger partial charge on any atom is -0.387 e. The normalized spacial score (nSPS) is 12.9. The average molecular weight is 423 g/mol. The summed E-state index contributed by atoms with van der Waals surface area (Å²) < 4.78 is 0. The fraction of sp³-hybridized carbons (Fsp3) is 0.381. The number of nitrogens with zero attached hydrogens (tertiary/aromatic N) is 2. The van der Waals surface area contributed by atoms with E-state index in [1.807, 2.05) is 6.92 Å². The highest BCUT2D eigenvalue weighted by Gasteiger charge is 2.10. The number of aliphatic imine (C=N–C) groups is 1.